The fourth-order valence-electron chi connectivity index (χ4n) is 0.538. The van der Waals surface area contributed by atoms with Gasteiger partial charge in [-0.05, 0) is 6.92 Å². The summed E-state index contributed by atoms with van der Waals surface area (Å²) in [7, 11) is 0. The van der Waals surface area contributed by atoms with Gasteiger partial charge in [-0.1, -0.05) is 0 Å². The van der Waals surface area contributed by atoms with Crippen molar-refractivity contribution in [2.24, 2.45) is 0 Å². The summed E-state index contributed by atoms with van der Waals surface area (Å²) in [5, 5.41) is 2.60. The highest BCUT2D eigenvalue weighted by Crippen LogP contribution is 2.14. The summed E-state index contributed by atoms with van der Waals surface area (Å²) in [5.41, 5.74) is 0. The van der Waals surface area contributed by atoms with Gasteiger partial charge in [-0.2, -0.15) is 0 Å². The Balaban J connectivity index is 2.67. The first-order valence-corrected chi connectivity index (χ1v) is 3.67. The van der Waals surface area contributed by atoms with Crippen molar-refractivity contribution >= 4 is 17.3 Å². The van der Waals surface area contributed by atoms with Gasteiger partial charge in [-0.15, -0.1) is 11.3 Å². The molecule has 0 fully saturated rings. The zero-order valence-electron chi connectivity index (χ0n) is 5.75. The van der Waals surface area contributed by atoms with E-state index in [-0.39, 0.29) is 5.97 Å². The summed E-state index contributed by atoms with van der Waals surface area (Å²) in [4.78, 5) is 14.3. The van der Waals surface area contributed by atoms with E-state index in [2.05, 4.69) is 4.98 Å². The Kier molecular flexibility index (Phi) is 2.01. The zero-order valence-corrected chi connectivity index (χ0v) is 6.57. The van der Waals surface area contributed by atoms with Crippen molar-refractivity contribution in [1.82, 2.24) is 4.98 Å². The van der Waals surface area contributed by atoms with Gasteiger partial charge < -0.3 is 4.74 Å². The van der Waals surface area contributed by atoms with Crippen molar-refractivity contribution in [2.75, 3.05) is 0 Å². The number of esters is 1. The van der Waals surface area contributed by atoms with E-state index in [1.54, 1.807) is 5.38 Å². The Labute approximate surface area is 62.7 Å². The van der Waals surface area contributed by atoms with Gasteiger partial charge in [0, 0.05) is 6.92 Å². The maximum Gasteiger partial charge on any atom is 0.309 e. The molecule has 0 amide bonds. The molecule has 3 nitrogen and oxygen atoms in total. The molecule has 1 aromatic heterocycles. The highest BCUT2D eigenvalue weighted by atomic mass is 32.1. The van der Waals surface area contributed by atoms with Crippen LogP contribution in [0.1, 0.15) is 11.9 Å². The van der Waals surface area contributed by atoms with E-state index in [1.165, 1.54) is 18.3 Å². The summed E-state index contributed by atoms with van der Waals surface area (Å²) in [6, 6.07) is 0. The van der Waals surface area contributed by atoms with Gasteiger partial charge >= 0.3 is 5.97 Å². The lowest BCUT2D eigenvalue weighted by molar-refractivity contribution is -0.132. The van der Waals surface area contributed by atoms with Crippen molar-refractivity contribution in [2.45, 2.75) is 13.8 Å². The minimum Gasteiger partial charge on any atom is -0.407 e. The summed E-state index contributed by atoms with van der Waals surface area (Å²) in [6.07, 6.45) is 0. The molecule has 0 saturated carbocycles. The maximum absolute atomic E-state index is 10.4. The van der Waals surface area contributed by atoms with Crippen LogP contribution in [-0.2, 0) is 4.79 Å². The van der Waals surface area contributed by atoms with Crippen LogP contribution >= 0.6 is 11.3 Å². The van der Waals surface area contributed by atoms with Crippen molar-refractivity contribution in [3.05, 3.63) is 10.4 Å². The van der Waals surface area contributed by atoms with E-state index in [4.69, 9.17) is 4.74 Å². The number of aromatic nitrogens is 1. The molecule has 54 valence electrons. The number of hydrogen-bond acceptors (Lipinski definition) is 4. The van der Waals surface area contributed by atoms with Gasteiger partial charge in [-0.25, -0.2) is 4.98 Å². The van der Waals surface area contributed by atoms with E-state index in [9.17, 15) is 4.79 Å². The van der Waals surface area contributed by atoms with Crippen LogP contribution in [0.25, 0.3) is 0 Å². The summed E-state index contributed by atoms with van der Waals surface area (Å²) in [6.45, 7) is 3.21. The van der Waals surface area contributed by atoms with Gasteiger partial charge in [0.05, 0.1) is 10.4 Å². The van der Waals surface area contributed by atoms with Crippen LogP contribution in [-0.4, -0.2) is 11.0 Å². The normalized spacial score (nSPS) is 9.40. The molecule has 0 N–H and O–H groups in total. The number of aryl methyl sites for hydroxylation is 1. The number of carbonyl (C=O) groups excluding carboxylic acids is 1. The molecule has 1 aromatic rings. The van der Waals surface area contributed by atoms with Gasteiger partial charge in [-0.3, -0.25) is 4.79 Å². The minimum atomic E-state index is -0.328. The molecule has 4 heteroatoms. The van der Waals surface area contributed by atoms with Crippen molar-refractivity contribution < 1.29 is 9.53 Å². The van der Waals surface area contributed by atoms with Crippen LogP contribution in [0.15, 0.2) is 5.38 Å². The fraction of sp³-hybridized carbons (Fsp3) is 0.333. The second-order valence-corrected chi connectivity index (χ2v) is 2.86. The standard InChI is InChI=1S/C6H7NO2S/c1-4-7-6(3-10-4)9-5(2)8/h3H,1-2H3. The van der Waals surface area contributed by atoms with Crippen LogP contribution in [0.3, 0.4) is 0 Å². The third-order valence-corrected chi connectivity index (χ3v) is 1.60. The molecule has 0 aliphatic carbocycles. The SMILES string of the molecule is CC(=O)Oc1csc(C)n1. The summed E-state index contributed by atoms with van der Waals surface area (Å²) >= 11 is 1.46. The number of nitrogens with zero attached hydrogens (tertiary/aromatic N) is 1. The predicted octanol–water partition coefficient (Wildman–Crippen LogP) is 1.38. The highest BCUT2D eigenvalue weighted by molar-refractivity contribution is 7.09. The Morgan fingerprint density at radius 2 is 2.50 bits per heavy atom. The second kappa shape index (κ2) is 2.79. The third-order valence-electron chi connectivity index (χ3n) is 0.846. The number of carbonyl (C=O) groups is 1. The van der Waals surface area contributed by atoms with E-state index in [0.29, 0.717) is 5.88 Å². The smallest absolute Gasteiger partial charge is 0.309 e. The molecule has 1 rings (SSSR count). The molecule has 0 radical (unpaired) electrons. The Morgan fingerprint density at radius 3 is 2.90 bits per heavy atom. The van der Waals surface area contributed by atoms with Crippen LogP contribution in [0.4, 0.5) is 0 Å². The van der Waals surface area contributed by atoms with Gasteiger partial charge in [0.15, 0.2) is 0 Å². The quantitative estimate of drug-likeness (QED) is 0.578. The maximum atomic E-state index is 10.4. The topological polar surface area (TPSA) is 39.2 Å². The molecule has 0 bridgehead atoms. The first-order chi connectivity index (χ1) is 4.68. The molecule has 1 heterocycles. The zero-order chi connectivity index (χ0) is 7.56. The molecule has 0 saturated heterocycles. The van der Waals surface area contributed by atoms with Crippen LogP contribution < -0.4 is 4.74 Å². The second-order valence-electron chi connectivity index (χ2n) is 1.80. The van der Waals surface area contributed by atoms with Gasteiger partial charge in [0.25, 0.3) is 0 Å². The van der Waals surface area contributed by atoms with Crippen molar-refractivity contribution in [3.63, 3.8) is 0 Å². The highest BCUT2D eigenvalue weighted by Gasteiger charge is 2.00. The van der Waals surface area contributed by atoms with Gasteiger partial charge in [0.1, 0.15) is 0 Å². The molecule has 10 heavy (non-hydrogen) atoms. The molecule has 0 aliphatic rings. The van der Waals surface area contributed by atoms with Crippen LogP contribution in [0, 0.1) is 6.92 Å². The Morgan fingerprint density at radius 1 is 1.80 bits per heavy atom. The fourth-order valence-corrected chi connectivity index (χ4v) is 1.05. The average molecular weight is 157 g/mol. The number of thiazole rings is 1. The van der Waals surface area contributed by atoms with E-state index in [1.807, 2.05) is 6.92 Å². The molecular weight excluding hydrogens is 150 g/mol. The first kappa shape index (κ1) is 7.21. The van der Waals surface area contributed by atoms with Crippen molar-refractivity contribution in [3.8, 4) is 5.88 Å². The predicted molar refractivity (Wildman–Crippen MR) is 38.2 cm³/mol. The molecular formula is C6H7NO2S. The molecule has 0 aromatic carbocycles. The van der Waals surface area contributed by atoms with Gasteiger partial charge in [0.2, 0.25) is 5.88 Å². The monoisotopic (exact) mass is 157 g/mol. The Bertz CT molecular complexity index is 244. The summed E-state index contributed by atoms with van der Waals surface area (Å²) in [5.74, 6) is 0.0697. The minimum absolute atomic E-state index is 0.328. The lowest BCUT2D eigenvalue weighted by Crippen LogP contribution is -2.01. The lowest BCUT2D eigenvalue weighted by atomic mass is 10.7. The van der Waals surface area contributed by atoms with Crippen LogP contribution in [0.2, 0.25) is 0 Å². The number of ether oxygens (including phenoxy) is 1. The van der Waals surface area contributed by atoms with E-state index < -0.39 is 0 Å². The van der Waals surface area contributed by atoms with E-state index >= 15 is 0 Å². The number of rotatable bonds is 1. The largest absolute Gasteiger partial charge is 0.407 e. The molecule has 0 unspecified atom stereocenters. The molecule has 0 atom stereocenters. The van der Waals surface area contributed by atoms with Crippen LogP contribution in [0.5, 0.6) is 5.88 Å². The first-order valence-electron chi connectivity index (χ1n) is 2.79. The lowest BCUT2D eigenvalue weighted by Gasteiger charge is -1.91. The number of hydrogen-bond donors (Lipinski definition) is 0. The average Bonchev–Trinajstić information content (AvgIpc) is 2.13. The third kappa shape index (κ3) is 1.80. The van der Waals surface area contributed by atoms with Crippen molar-refractivity contribution in [1.29, 1.82) is 0 Å². The Hall–Kier alpha value is -0.900. The van der Waals surface area contributed by atoms with E-state index in [0.717, 1.165) is 5.01 Å². The molecule has 0 aliphatic heterocycles. The summed E-state index contributed by atoms with van der Waals surface area (Å²) < 4.78 is 4.70. The molecule has 0 spiro atoms.